The number of rotatable bonds is 4. The Hall–Kier alpha value is -2.82. The van der Waals surface area contributed by atoms with Gasteiger partial charge >= 0.3 is 5.97 Å². The highest BCUT2D eigenvalue weighted by molar-refractivity contribution is 5.92. The Morgan fingerprint density at radius 1 is 1.23 bits per heavy atom. The predicted octanol–water partition coefficient (Wildman–Crippen LogP) is 2.71. The van der Waals surface area contributed by atoms with E-state index < -0.39 is 0 Å². The Bertz CT molecular complexity index is 679. The molecule has 22 heavy (non-hydrogen) atoms. The van der Waals surface area contributed by atoms with Gasteiger partial charge in [0.2, 0.25) is 0 Å². The molecule has 2 rings (SSSR count). The number of hydrogen-bond acceptors (Lipinski definition) is 3. The van der Waals surface area contributed by atoms with Gasteiger partial charge in [0.1, 0.15) is 0 Å². The fourth-order valence-corrected chi connectivity index (χ4v) is 1.92. The molecule has 0 aliphatic rings. The molecule has 0 aliphatic carbocycles. The number of ether oxygens (including phenoxy) is 1. The van der Waals surface area contributed by atoms with Crippen molar-refractivity contribution in [3.8, 4) is 0 Å². The van der Waals surface area contributed by atoms with Gasteiger partial charge in [0.25, 0.3) is 0 Å². The van der Waals surface area contributed by atoms with Crippen LogP contribution in [0.15, 0.2) is 53.5 Å². The van der Waals surface area contributed by atoms with Gasteiger partial charge in [-0.05, 0) is 36.8 Å². The third kappa shape index (κ3) is 4.34. The summed E-state index contributed by atoms with van der Waals surface area (Å²) in [6.45, 7) is 2.41. The summed E-state index contributed by atoms with van der Waals surface area (Å²) in [4.78, 5) is 15.7. The monoisotopic (exact) mass is 297 g/mol. The number of anilines is 1. The van der Waals surface area contributed by atoms with Crippen molar-refractivity contribution in [1.29, 1.82) is 0 Å². The maximum absolute atomic E-state index is 11.5. The molecule has 0 spiro atoms. The highest BCUT2D eigenvalue weighted by Crippen LogP contribution is 2.10. The first-order valence-electron chi connectivity index (χ1n) is 6.89. The summed E-state index contributed by atoms with van der Waals surface area (Å²) in [5, 5.41) is 3.02. The number of guanidine groups is 1. The van der Waals surface area contributed by atoms with Crippen molar-refractivity contribution in [3.05, 3.63) is 65.2 Å². The van der Waals surface area contributed by atoms with Crippen LogP contribution in [0.25, 0.3) is 0 Å². The molecule has 0 aliphatic heterocycles. The highest BCUT2D eigenvalue weighted by atomic mass is 16.5. The van der Waals surface area contributed by atoms with Gasteiger partial charge in [0, 0.05) is 5.69 Å². The van der Waals surface area contributed by atoms with Crippen molar-refractivity contribution in [2.45, 2.75) is 13.5 Å². The van der Waals surface area contributed by atoms with Gasteiger partial charge in [-0.15, -0.1) is 0 Å². The van der Waals surface area contributed by atoms with Crippen LogP contribution in [-0.4, -0.2) is 19.0 Å². The number of nitrogens with one attached hydrogen (secondary N) is 1. The van der Waals surface area contributed by atoms with Gasteiger partial charge in [0.05, 0.1) is 19.2 Å². The number of methoxy groups -OCH3 is 1. The number of carbonyl (C=O) groups is 1. The zero-order chi connectivity index (χ0) is 15.9. The first-order valence-corrected chi connectivity index (χ1v) is 6.89. The second-order valence-electron chi connectivity index (χ2n) is 4.88. The Kier molecular flexibility index (Phi) is 5.14. The lowest BCUT2D eigenvalue weighted by Gasteiger charge is -2.06. The minimum Gasteiger partial charge on any atom is -0.465 e. The van der Waals surface area contributed by atoms with Crippen molar-refractivity contribution in [1.82, 2.24) is 0 Å². The SMILES string of the molecule is COC(=O)c1cccc(CN=C(N)Nc2ccc(C)cc2)c1. The Balaban J connectivity index is 2.01. The molecule has 3 N–H and O–H groups in total. The van der Waals surface area contributed by atoms with Gasteiger partial charge in [0.15, 0.2) is 5.96 Å². The molecule has 0 aromatic heterocycles. The average Bonchev–Trinajstić information content (AvgIpc) is 2.54. The van der Waals surface area contributed by atoms with Crippen LogP contribution in [0.3, 0.4) is 0 Å². The lowest BCUT2D eigenvalue weighted by Crippen LogP contribution is -2.22. The van der Waals surface area contributed by atoms with Crippen molar-refractivity contribution in [2.24, 2.45) is 10.7 Å². The summed E-state index contributed by atoms with van der Waals surface area (Å²) in [5.74, 6) is -0.0380. The number of carbonyl (C=O) groups excluding carboxylic acids is 1. The van der Waals surface area contributed by atoms with E-state index in [0.717, 1.165) is 11.3 Å². The number of nitrogens with two attached hydrogens (primary N) is 1. The summed E-state index contributed by atoms with van der Waals surface area (Å²) in [6.07, 6.45) is 0. The average molecular weight is 297 g/mol. The Morgan fingerprint density at radius 3 is 2.64 bits per heavy atom. The lowest BCUT2D eigenvalue weighted by atomic mass is 10.1. The van der Waals surface area contributed by atoms with E-state index in [2.05, 4.69) is 10.3 Å². The molecule has 0 bridgehead atoms. The first kappa shape index (κ1) is 15.6. The zero-order valence-corrected chi connectivity index (χ0v) is 12.7. The number of esters is 1. The number of nitrogens with zero attached hydrogens (tertiary/aromatic N) is 1. The number of hydrogen-bond donors (Lipinski definition) is 2. The zero-order valence-electron chi connectivity index (χ0n) is 12.7. The largest absolute Gasteiger partial charge is 0.465 e. The molecule has 0 fully saturated rings. The standard InChI is InChI=1S/C17H19N3O2/c1-12-6-8-15(9-7-12)20-17(18)19-11-13-4-3-5-14(10-13)16(21)22-2/h3-10H,11H2,1-2H3,(H3,18,19,20). The predicted molar refractivity (Wildman–Crippen MR) is 87.9 cm³/mol. The van der Waals surface area contributed by atoms with Crippen LogP contribution in [-0.2, 0) is 11.3 Å². The molecule has 5 heteroatoms. The first-order chi connectivity index (χ1) is 10.6. The van der Waals surface area contributed by atoms with Crippen LogP contribution in [0.2, 0.25) is 0 Å². The van der Waals surface area contributed by atoms with E-state index in [4.69, 9.17) is 10.5 Å². The fourth-order valence-electron chi connectivity index (χ4n) is 1.92. The molecule has 2 aromatic rings. The van der Waals surface area contributed by atoms with Crippen LogP contribution < -0.4 is 11.1 Å². The third-order valence-corrected chi connectivity index (χ3v) is 3.10. The summed E-state index contributed by atoms with van der Waals surface area (Å²) in [5.41, 5.74) is 9.31. The van der Waals surface area contributed by atoms with E-state index in [1.54, 1.807) is 18.2 Å². The van der Waals surface area contributed by atoms with E-state index >= 15 is 0 Å². The number of aliphatic imine (C=N–C) groups is 1. The van der Waals surface area contributed by atoms with Crippen molar-refractivity contribution in [3.63, 3.8) is 0 Å². The lowest BCUT2D eigenvalue weighted by molar-refractivity contribution is 0.0600. The quantitative estimate of drug-likeness (QED) is 0.517. The molecule has 5 nitrogen and oxygen atoms in total. The molecular formula is C17H19N3O2. The minimum absolute atomic E-state index is 0.326. The fraction of sp³-hybridized carbons (Fsp3) is 0.176. The van der Waals surface area contributed by atoms with Gasteiger partial charge in [-0.1, -0.05) is 29.8 Å². The highest BCUT2D eigenvalue weighted by Gasteiger charge is 2.05. The Labute approximate surface area is 129 Å². The van der Waals surface area contributed by atoms with Crippen LogP contribution in [0, 0.1) is 6.92 Å². The second-order valence-corrected chi connectivity index (χ2v) is 4.88. The van der Waals surface area contributed by atoms with Crippen LogP contribution in [0.4, 0.5) is 5.69 Å². The molecule has 0 saturated heterocycles. The minimum atomic E-state index is -0.364. The van der Waals surface area contributed by atoms with E-state index in [0.29, 0.717) is 18.1 Å². The second kappa shape index (κ2) is 7.26. The van der Waals surface area contributed by atoms with E-state index in [1.165, 1.54) is 12.7 Å². The normalized spacial score (nSPS) is 11.1. The molecular weight excluding hydrogens is 278 g/mol. The van der Waals surface area contributed by atoms with Gasteiger partial charge < -0.3 is 15.8 Å². The topological polar surface area (TPSA) is 76.7 Å². The molecule has 0 saturated carbocycles. The van der Waals surface area contributed by atoms with Crippen LogP contribution in [0.1, 0.15) is 21.5 Å². The van der Waals surface area contributed by atoms with Crippen LogP contribution >= 0.6 is 0 Å². The van der Waals surface area contributed by atoms with Crippen molar-refractivity contribution < 1.29 is 9.53 Å². The number of aryl methyl sites for hydroxylation is 1. The van der Waals surface area contributed by atoms with Gasteiger partial charge in [-0.2, -0.15) is 0 Å². The molecule has 0 amide bonds. The van der Waals surface area contributed by atoms with E-state index in [1.807, 2.05) is 37.3 Å². The van der Waals surface area contributed by atoms with Gasteiger partial charge in [-0.3, -0.25) is 0 Å². The van der Waals surface area contributed by atoms with Crippen molar-refractivity contribution in [2.75, 3.05) is 12.4 Å². The third-order valence-electron chi connectivity index (χ3n) is 3.10. The maximum Gasteiger partial charge on any atom is 0.337 e. The summed E-state index contributed by atoms with van der Waals surface area (Å²) in [7, 11) is 1.36. The smallest absolute Gasteiger partial charge is 0.337 e. The molecule has 114 valence electrons. The molecule has 0 heterocycles. The molecule has 0 atom stereocenters. The molecule has 2 aromatic carbocycles. The maximum atomic E-state index is 11.5. The molecule has 0 unspecified atom stereocenters. The summed E-state index contributed by atoms with van der Waals surface area (Å²) < 4.78 is 4.69. The van der Waals surface area contributed by atoms with E-state index in [9.17, 15) is 4.79 Å². The number of benzene rings is 2. The van der Waals surface area contributed by atoms with Crippen molar-refractivity contribution >= 4 is 17.6 Å². The summed E-state index contributed by atoms with van der Waals surface area (Å²) >= 11 is 0. The van der Waals surface area contributed by atoms with Gasteiger partial charge in [-0.25, -0.2) is 9.79 Å². The summed E-state index contributed by atoms with van der Waals surface area (Å²) in [6, 6.07) is 15.0. The van der Waals surface area contributed by atoms with E-state index in [-0.39, 0.29) is 5.97 Å². The Morgan fingerprint density at radius 2 is 1.95 bits per heavy atom. The van der Waals surface area contributed by atoms with Crippen LogP contribution in [0.5, 0.6) is 0 Å². The molecule has 0 radical (unpaired) electrons.